The minimum absolute atomic E-state index is 0.115. The van der Waals surface area contributed by atoms with Crippen molar-refractivity contribution in [3.63, 3.8) is 0 Å². The van der Waals surface area contributed by atoms with Crippen LogP contribution in [0.4, 0.5) is 13.2 Å². The maximum absolute atomic E-state index is 11.9. The van der Waals surface area contributed by atoms with Gasteiger partial charge in [0, 0.05) is 31.3 Å². The van der Waals surface area contributed by atoms with E-state index in [0.29, 0.717) is 13.0 Å². The third kappa shape index (κ3) is 5.08. The second-order valence-corrected chi connectivity index (χ2v) is 4.59. The maximum Gasteiger partial charge on any atom is 0.389 e. The van der Waals surface area contributed by atoms with E-state index in [2.05, 4.69) is 10.4 Å². The molecule has 0 saturated carbocycles. The third-order valence-corrected chi connectivity index (χ3v) is 2.86. The maximum atomic E-state index is 11.9. The molecule has 0 spiro atoms. The topological polar surface area (TPSA) is 29.9 Å². The highest BCUT2D eigenvalue weighted by molar-refractivity contribution is 5.19. The molecule has 104 valence electrons. The predicted molar refractivity (Wildman–Crippen MR) is 64.3 cm³/mol. The zero-order chi connectivity index (χ0) is 13.8. The molecule has 0 aliphatic heterocycles. The van der Waals surface area contributed by atoms with Gasteiger partial charge in [-0.25, -0.2) is 0 Å². The minimum atomic E-state index is -4.04. The summed E-state index contributed by atoms with van der Waals surface area (Å²) in [6, 6.07) is 0.115. The number of aryl methyl sites for hydroxylation is 2. The SMILES string of the molecule is Cc1nn(C)cc1C(C)NCCCCC(F)(F)F. The van der Waals surface area contributed by atoms with Gasteiger partial charge in [0.2, 0.25) is 0 Å². The zero-order valence-corrected chi connectivity index (χ0v) is 11.0. The Bertz CT molecular complexity index is 371. The number of hydrogen-bond acceptors (Lipinski definition) is 2. The third-order valence-electron chi connectivity index (χ3n) is 2.86. The molecule has 1 heterocycles. The van der Waals surface area contributed by atoms with Gasteiger partial charge in [-0.2, -0.15) is 18.3 Å². The summed E-state index contributed by atoms with van der Waals surface area (Å²) in [6.45, 7) is 4.51. The Morgan fingerprint density at radius 2 is 2.06 bits per heavy atom. The first-order valence-electron chi connectivity index (χ1n) is 6.10. The average Bonchev–Trinajstić information content (AvgIpc) is 2.55. The molecule has 1 atom stereocenters. The normalized spacial score (nSPS) is 13.9. The summed E-state index contributed by atoms with van der Waals surface area (Å²) in [5.41, 5.74) is 2.04. The van der Waals surface area contributed by atoms with Gasteiger partial charge in [-0.3, -0.25) is 4.68 Å². The second-order valence-electron chi connectivity index (χ2n) is 4.59. The van der Waals surface area contributed by atoms with Crippen LogP contribution < -0.4 is 5.32 Å². The van der Waals surface area contributed by atoms with Crippen LogP contribution in [-0.2, 0) is 7.05 Å². The van der Waals surface area contributed by atoms with E-state index in [0.717, 1.165) is 11.3 Å². The molecule has 1 aromatic heterocycles. The lowest BCUT2D eigenvalue weighted by Gasteiger charge is -2.13. The van der Waals surface area contributed by atoms with Gasteiger partial charge in [0.05, 0.1) is 5.69 Å². The van der Waals surface area contributed by atoms with Crippen molar-refractivity contribution in [2.45, 2.75) is 45.3 Å². The fourth-order valence-electron chi connectivity index (χ4n) is 1.92. The van der Waals surface area contributed by atoms with Gasteiger partial charge in [0.25, 0.3) is 0 Å². The van der Waals surface area contributed by atoms with E-state index < -0.39 is 12.6 Å². The summed E-state index contributed by atoms with van der Waals surface area (Å²) in [5, 5.41) is 7.46. The fraction of sp³-hybridized carbons (Fsp3) is 0.750. The van der Waals surface area contributed by atoms with E-state index in [1.54, 1.807) is 4.68 Å². The van der Waals surface area contributed by atoms with Gasteiger partial charge in [0.15, 0.2) is 0 Å². The molecule has 0 bridgehead atoms. The molecule has 1 N–H and O–H groups in total. The van der Waals surface area contributed by atoms with Crippen molar-refractivity contribution < 1.29 is 13.2 Å². The van der Waals surface area contributed by atoms with Crippen molar-refractivity contribution in [2.24, 2.45) is 7.05 Å². The minimum Gasteiger partial charge on any atom is -0.310 e. The number of rotatable bonds is 6. The lowest BCUT2D eigenvalue weighted by atomic mass is 10.1. The zero-order valence-electron chi connectivity index (χ0n) is 11.0. The van der Waals surface area contributed by atoms with Crippen LogP contribution in [0.2, 0.25) is 0 Å². The number of aromatic nitrogens is 2. The Balaban J connectivity index is 2.26. The fourth-order valence-corrected chi connectivity index (χ4v) is 1.92. The first-order chi connectivity index (χ1) is 8.29. The average molecular weight is 263 g/mol. The van der Waals surface area contributed by atoms with E-state index >= 15 is 0 Å². The van der Waals surface area contributed by atoms with E-state index in [4.69, 9.17) is 0 Å². The largest absolute Gasteiger partial charge is 0.389 e. The summed E-state index contributed by atoms with van der Waals surface area (Å²) in [4.78, 5) is 0. The number of nitrogens with one attached hydrogen (secondary N) is 1. The Hall–Kier alpha value is -1.04. The Morgan fingerprint density at radius 1 is 1.39 bits per heavy atom. The smallest absolute Gasteiger partial charge is 0.310 e. The summed E-state index contributed by atoms with van der Waals surface area (Å²) < 4.78 is 37.5. The van der Waals surface area contributed by atoms with E-state index in [-0.39, 0.29) is 12.5 Å². The molecule has 0 aromatic carbocycles. The van der Waals surface area contributed by atoms with Gasteiger partial charge in [-0.05, 0) is 33.2 Å². The molecule has 0 radical (unpaired) electrons. The summed E-state index contributed by atoms with van der Waals surface area (Å²) in [7, 11) is 1.85. The molecule has 0 fully saturated rings. The lowest BCUT2D eigenvalue weighted by molar-refractivity contribution is -0.135. The molecule has 1 rings (SSSR count). The van der Waals surface area contributed by atoms with Gasteiger partial charge in [-0.15, -0.1) is 0 Å². The number of halogens is 3. The molecule has 0 aliphatic carbocycles. The predicted octanol–water partition coefficient (Wildman–Crippen LogP) is 3.11. The standard InChI is InChI=1S/C12H20F3N3/c1-9(11-8-18(3)17-10(11)2)16-7-5-4-6-12(13,14)15/h8-9,16H,4-7H2,1-3H3. The van der Waals surface area contributed by atoms with Crippen molar-refractivity contribution in [1.29, 1.82) is 0 Å². The second kappa shape index (κ2) is 6.22. The highest BCUT2D eigenvalue weighted by atomic mass is 19.4. The van der Waals surface area contributed by atoms with Crippen LogP contribution in [0.25, 0.3) is 0 Å². The highest BCUT2D eigenvalue weighted by Gasteiger charge is 2.25. The van der Waals surface area contributed by atoms with Crippen molar-refractivity contribution in [3.05, 3.63) is 17.5 Å². The van der Waals surface area contributed by atoms with Crippen LogP contribution in [-0.4, -0.2) is 22.5 Å². The van der Waals surface area contributed by atoms with Crippen molar-refractivity contribution in [2.75, 3.05) is 6.54 Å². The quantitative estimate of drug-likeness (QED) is 0.799. The van der Waals surface area contributed by atoms with Crippen molar-refractivity contribution in [3.8, 4) is 0 Å². The molecule has 6 heteroatoms. The molecule has 18 heavy (non-hydrogen) atoms. The van der Waals surface area contributed by atoms with Crippen molar-refractivity contribution >= 4 is 0 Å². The van der Waals surface area contributed by atoms with Gasteiger partial charge < -0.3 is 5.32 Å². The van der Waals surface area contributed by atoms with Gasteiger partial charge in [0.1, 0.15) is 0 Å². The highest BCUT2D eigenvalue weighted by Crippen LogP contribution is 2.22. The Labute approximate surface area is 105 Å². The van der Waals surface area contributed by atoms with Crippen LogP contribution in [0.3, 0.4) is 0 Å². The molecule has 3 nitrogen and oxygen atoms in total. The summed E-state index contributed by atoms with van der Waals surface area (Å²) in [6.07, 6.45) is -2.10. The van der Waals surface area contributed by atoms with Crippen LogP contribution in [0.5, 0.6) is 0 Å². The molecule has 1 unspecified atom stereocenters. The number of hydrogen-bond donors (Lipinski definition) is 1. The molecule has 0 amide bonds. The Morgan fingerprint density at radius 3 is 2.56 bits per heavy atom. The Kier molecular flexibility index (Phi) is 5.19. The summed E-state index contributed by atoms with van der Waals surface area (Å²) in [5.74, 6) is 0. The first kappa shape index (κ1) is 15.0. The van der Waals surface area contributed by atoms with E-state index in [1.807, 2.05) is 27.1 Å². The number of nitrogens with zero attached hydrogens (tertiary/aromatic N) is 2. The van der Waals surface area contributed by atoms with Crippen LogP contribution in [0, 0.1) is 6.92 Å². The van der Waals surface area contributed by atoms with E-state index in [1.165, 1.54) is 0 Å². The van der Waals surface area contributed by atoms with Gasteiger partial charge >= 0.3 is 6.18 Å². The van der Waals surface area contributed by atoms with E-state index in [9.17, 15) is 13.2 Å². The molecule has 0 saturated heterocycles. The molecular weight excluding hydrogens is 243 g/mol. The van der Waals surface area contributed by atoms with Crippen LogP contribution in [0.1, 0.15) is 43.5 Å². The number of alkyl halides is 3. The monoisotopic (exact) mass is 263 g/mol. The lowest BCUT2D eigenvalue weighted by Crippen LogP contribution is -2.20. The molecule has 1 aromatic rings. The number of unbranched alkanes of at least 4 members (excludes halogenated alkanes) is 1. The van der Waals surface area contributed by atoms with Gasteiger partial charge in [-0.1, -0.05) is 0 Å². The first-order valence-corrected chi connectivity index (χ1v) is 6.10. The van der Waals surface area contributed by atoms with Crippen LogP contribution in [0.15, 0.2) is 6.20 Å². The molecular formula is C12H20F3N3. The van der Waals surface area contributed by atoms with Crippen LogP contribution >= 0.6 is 0 Å². The molecule has 0 aliphatic rings. The van der Waals surface area contributed by atoms with Crippen molar-refractivity contribution in [1.82, 2.24) is 15.1 Å². The summed E-state index contributed by atoms with van der Waals surface area (Å²) >= 11 is 0.